The highest BCUT2D eigenvalue weighted by Gasteiger charge is 2.27. The average molecular weight is 261 g/mol. The molecule has 0 aliphatic heterocycles. The van der Waals surface area contributed by atoms with Gasteiger partial charge in [-0.25, -0.2) is 9.07 Å². The zero-order valence-corrected chi connectivity index (χ0v) is 9.93. The highest BCUT2D eigenvalue weighted by atomic mass is 32.3. The largest absolute Gasteiger partial charge is 0.278 e. The first-order valence-electron chi connectivity index (χ1n) is 4.66. The van der Waals surface area contributed by atoms with Gasteiger partial charge < -0.3 is 0 Å². The van der Waals surface area contributed by atoms with Crippen molar-refractivity contribution in [1.82, 2.24) is 14.1 Å². The third-order valence-corrected chi connectivity index (χ3v) is 2.78. The monoisotopic (exact) mass is 261 g/mol. The highest BCUT2D eigenvalue weighted by Crippen LogP contribution is 2.55. The molecule has 0 bridgehead atoms. The van der Waals surface area contributed by atoms with Gasteiger partial charge in [0.2, 0.25) is 0 Å². The third kappa shape index (κ3) is 5.96. The van der Waals surface area contributed by atoms with Crippen molar-refractivity contribution in [3.05, 3.63) is 18.5 Å². The minimum Gasteiger partial charge on any atom is -0.242 e. The Morgan fingerprint density at radius 2 is 1.81 bits per heavy atom. The van der Waals surface area contributed by atoms with E-state index in [0.717, 1.165) is 0 Å². The first kappa shape index (κ1) is 15.2. The van der Waals surface area contributed by atoms with E-state index in [0.29, 0.717) is 4.31 Å². The Balaban J connectivity index is 0.000000288. The summed E-state index contributed by atoms with van der Waals surface area (Å²) in [7, 11) is 0. The number of hydrogen-bond donors (Lipinski definition) is 0. The van der Waals surface area contributed by atoms with Gasteiger partial charge in [-0.2, -0.15) is 9.40 Å². The Morgan fingerprint density at radius 1 is 1.25 bits per heavy atom. The standard InChI is InChI=1S/C4H10F3NS.C4H5FN2/c1-3-8(4-2)9(5,6)7;5-4-7-3-1-2-6-7/h3-4H2,1-2H3;1-3H,4H2. The molecule has 0 unspecified atom stereocenters. The second-order valence-electron chi connectivity index (χ2n) is 2.66. The fraction of sp³-hybridized carbons (Fsp3) is 0.625. The molecule has 1 heterocycles. The van der Waals surface area contributed by atoms with E-state index >= 15 is 0 Å². The maximum absolute atomic E-state index is 11.7. The molecule has 0 saturated carbocycles. The van der Waals surface area contributed by atoms with Crippen LogP contribution in [-0.4, -0.2) is 27.2 Å². The molecule has 0 spiro atoms. The van der Waals surface area contributed by atoms with Crippen molar-refractivity contribution in [2.24, 2.45) is 0 Å². The molecule has 3 nitrogen and oxygen atoms in total. The summed E-state index contributed by atoms with van der Waals surface area (Å²) in [6.07, 6.45) is 3.11. The second-order valence-corrected chi connectivity index (χ2v) is 3.94. The fourth-order valence-electron chi connectivity index (χ4n) is 0.888. The Bertz CT molecular complexity index is 259. The molecule has 0 N–H and O–H groups in total. The quantitative estimate of drug-likeness (QED) is 0.773. The van der Waals surface area contributed by atoms with Gasteiger partial charge in [-0.15, -0.1) is 11.7 Å². The van der Waals surface area contributed by atoms with Crippen molar-refractivity contribution >= 4 is 11.4 Å². The van der Waals surface area contributed by atoms with Crippen LogP contribution in [0.3, 0.4) is 0 Å². The van der Waals surface area contributed by atoms with E-state index in [-0.39, 0.29) is 13.1 Å². The van der Waals surface area contributed by atoms with Crippen LogP contribution in [0.4, 0.5) is 16.0 Å². The van der Waals surface area contributed by atoms with Gasteiger partial charge in [0.15, 0.2) is 6.80 Å². The van der Waals surface area contributed by atoms with Crippen molar-refractivity contribution in [3.63, 3.8) is 0 Å². The molecule has 0 radical (unpaired) electrons. The van der Waals surface area contributed by atoms with E-state index in [2.05, 4.69) is 5.10 Å². The molecule has 0 fully saturated rings. The van der Waals surface area contributed by atoms with E-state index < -0.39 is 18.2 Å². The van der Waals surface area contributed by atoms with Crippen molar-refractivity contribution in [2.75, 3.05) is 13.1 Å². The molecule has 0 aliphatic carbocycles. The van der Waals surface area contributed by atoms with Crippen LogP contribution < -0.4 is 0 Å². The molecule has 96 valence electrons. The molecule has 16 heavy (non-hydrogen) atoms. The van der Waals surface area contributed by atoms with E-state index in [4.69, 9.17) is 0 Å². The molecule has 0 aromatic carbocycles. The van der Waals surface area contributed by atoms with Crippen LogP contribution in [0.2, 0.25) is 0 Å². The van der Waals surface area contributed by atoms with Crippen molar-refractivity contribution < 1.29 is 16.0 Å². The smallest absolute Gasteiger partial charge is 0.242 e. The zero-order chi connectivity index (χ0) is 12.6. The molecule has 8 heteroatoms. The van der Waals surface area contributed by atoms with Crippen LogP contribution in [0.25, 0.3) is 0 Å². The van der Waals surface area contributed by atoms with Crippen molar-refractivity contribution in [1.29, 1.82) is 0 Å². The molecule has 1 aromatic heterocycles. The molecular formula is C8H15F4N3S. The van der Waals surface area contributed by atoms with Crippen molar-refractivity contribution in [3.8, 4) is 0 Å². The van der Waals surface area contributed by atoms with Crippen LogP contribution in [0, 0.1) is 0 Å². The Morgan fingerprint density at radius 3 is 1.94 bits per heavy atom. The lowest BCUT2D eigenvalue weighted by atomic mass is 10.7. The predicted octanol–water partition coefficient (Wildman–Crippen LogP) is 3.51. The van der Waals surface area contributed by atoms with Gasteiger partial charge in [-0.3, -0.25) is 0 Å². The molecule has 0 saturated heterocycles. The summed E-state index contributed by atoms with van der Waals surface area (Å²) in [5.74, 6) is 0. The van der Waals surface area contributed by atoms with Crippen molar-refractivity contribution in [2.45, 2.75) is 20.6 Å². The summed E-state index contributed by atoms with van der Waals surface area (Å²) in [5, 5.41) is 3.58. The van der Waals surface area contributed by atoms with E-state index in [9.17, 15) is 16.0 Å². The van der Waals surface area contributed by atoms with Crippen LogP contribution in [0.15, 0.2) is 18.5 Å². The molecular weight excluding hydrogens is 246 g/mol. The normalized spacial score (nSPS) is 12.2. The van der Waals surface area contributed by atoms with Crippen LogP contribution in [0.5, 0.6) is 0 Å². The maximum Gasteiger partial charge on any atom is 0.278 e. The van der Waals surface area contributed by atoms with E-state index in [1.165, 1.54) is 18.5 Å². The summed E-state index contributed by atoms with van der Waals surface area (Å²) >= 11 is -4.93. The van der Waals surface area contributed by atoms with Gasteiger partial charge in [0.05, 0.1) is 0 Å². The summed E-state index contributed by atoms with van der Waals surface area (Å²) in [6, 6.07) is 1.68. The lowest BCUT2D eigenvalue weighted by Crippen LogP contribution is -2.19. The van der Waals surface area contributed by atoms with Crippen LogP contribution in [0.1, 0.15) is 13.8 Å². The number of rotatable bonds is 4. The fourth-order valence-corrected chi connectivity index (χ4v) is 1.47. The predicted molar refractivity (Wildman–Crippen MR) is 57.2 cm³/mol. The summed E-state index contributed by atoms with van der Waals surface area (Å²) < 4.78 is 48.4. The summed E-state index contributed by atoms with van der Waals surface area (Å²) in [6.45, 7) is 2.60. The Kier molecular flexibility index (Phi) is 7.15. The van der Waals surface area contributed by atoms with Gasteiger partial charge in [0.25, 0.3) is 11.4 Å². The van der Waals surface area contributed by atoms with Gasteiger partial charge in [-0.05, 0) is 6.07 Å². The number of halogens is 4. The molecule has 1 rings (SSSR count). The first-order valence-corrected chi connectivity index (χ1v) is 5.95. The summed E-state index contributed by atoms with van der Waals surface area (Å²) in [5.41, 5.74) is 0. The number of aromatic nitrogens is 2. The topological polar surface area (TPSA) is 21.1 Å². The molecule has 0 atom stereocenters. The maximum atomic E-state index is 11.7. The Labute approximate surface area is 94.4 Å². The van der Waals surface area contributed by atoms with E-state index in [1.807, 2.05) is 0 Å². The Hall–Kier alpha value is -0.760. The first-order chi connectivity index (χ1) is 7.45. The van der Waals surface area contributed by atoms with Gasteiger partial charge in [-0.1, -0.05) is 13.8 Å². The average Bonchev–Trinajstić information content (AvgIpc) is 2.70. The summed E-state index contributed by atoms with van der Waals surface area (Å²) in [4.78, 5) is 0. The van der Waals surface area contributed by atoms with Gasteiger partial charge >= 0.3 is 0 Å². The highest BCUT2D eigenvalue weighted by molar-refractivity contribution is 8.18. The van der Waals surface area contributed by atoms with Crippen LogP contribution in [-0.2, 0) is 6.80 Å². The number of nitrogens with zero attached hydrogens (tertiary/aromatic N) is 3. The van der Waals surface area contributed by atoms with Gasteiger partial charge in [0.1, 0.15) is 0 Å². The molecule has 1 aromatic rings. The SMILES string of the molecule is CCN(CC)S(F)(F)F.FCn1cccn1. The lowest BCUT2D eigenvalue weighted by molar-refractivity contribution is 0.350. The number of hydrogen-bond acceptors (Lipinski definition) is 2. The molecule has 0 aliphatic rings. The second kappa shape index (κ2) is 7.50. The van der Waals surface area contributed by atoms with E-state index in [1.54, 1.807) is 18.5 Å². The zero-order valence-electron chi connectivity index (χ0n) is 9.12. The number of alkyl halides is 1. The minimum absolute atomic E-state index is 0.0648. The lowest BCUT2D eigenvalue weighted by Gasteiger charge is -2.23. The third-order valence-electron chi connectivity index (χ3n) is 1.68. The van der Waals surface area contributed by atoms with Gasteiger partial charge in [0, 0.05) is 25.5 Å². The minimum atomic E-state index is -4.93. The molecule has 0 amide bonds. The van der Waals surface area contributed by atoms with Crippen LogP contribution >= 0.6 is 11.4 Å².